The predicted octanol–water partition coefficient (Wildman–Crippen LogP) is 1.98. The van der Waals surface area contributed by atoms with E-state index in [4.69, 9.17) is 5.73 Å². The first kappa shape index (κ1) is 13.7. The second-order valence-electron chi connectivity index (χ2n) is 5.51. The lowest BCUT2D eigenvalue weighted by atomic mass is 9.86. The van der Waals surface area contributed by atoms with Gasteiger partial charge in [0.15, 0.2) is 0 Å². The molecule has 3 heteroatoms. The van der Waals surface area contributed by atoms with Crippen LogP contribution in [0.4, 0.5) is 0 Å². The van der Waals surface area contributed by atoms with E-state index in [2.05, 4.69) is 24.4 Å². The molecule has 1 unspecified atom stereocenters. The van der Waals surface area contributed by atoms with Gasteiger partial charge in [-0.3, -0.25) is 4.79 Å². The number of rotatable bonds is 4. The summed E-state index contributed by atoms with van der Waals surface area (Å²) in [6, 6.07) is 7.81. The highest BCUT2D eigenvalue weighted by atomic mass is 16.1. The highest BCUT2D eigenvalue weighted by molar-refractivity contribution is 5.80. The fourth-order valence-electron chi connectivity index (χ4n) is 1.85. The average molecular weight is 234 g/mol. The molecule has 0 fully saturated rings. The van der Waals surface area contributed by atoms with Crippen LogP contribution in [0, 0.1) is 12.3 Å². The minimum absolute atomic E-state index is 0.172. The van der Waals surface area contributed by atoms with Gasteiger partial charge in [0.2, 0.25) is 5.91 Å². The predicted molar refractivity (Wildman–Crippen MR) is 70.5 cm³/mol. The van der Waals surface area contributed by atoms with Crippen molar-refractivity contribution < 1.29 is 4.79 Å². The number of carbonyl (C=O) groups excluding carboxylic acids is 1. The summed E-state index contributed by atoms with van der Waals surface area (Å²) in [7, 11) is 0. The zero-order chi connectivity index (χ0) is 13.1. The van der Waals surface area contributed by atoms with E-state index in [9.17, 15) is 4.79 Å². The molecule has 0 aliphatic rings. The maximum absolute atomic E-state index is 11.4. The molecule has 1 amide bonds. The van der Waals surface area contributed by atoms with Crippen LogP contribution in [0.3, 0.4) is 0 Å². The maximum atomic E-state index is 11.4. The van der Waals surface area contributed by atoms with Gasteiger partial charge in [-0.2, -0.15) is 0 Å². The number of primary amides is 1. The first-order chi connectivity index (χ1) is 7.82. The van der Waals surface area contributed by atoms with Crippen LogP contribution >= 0.6 is 0 Å². The summed E-state index contributed by atoms with van der Waals surface area (Å²) in [4.78, 5) is 11.4. The molecule has 17 heavy (non-hydrogen) atoms. The topological polar surface area (TPSA) is 55.1 Å². The molecule has 0 radical (unpaired) electrons. The third-order valence-electron chi connectivity index (χ3n) is 2.91. The van der Waals surface area contributed by atoms with Crippen molar-refractivity contribution in [3.63, 3.8) is 0 Å². The molecule has 1 aromatic carbocycles. The van der Waals surface area contributed by atoms with Gasteiger partial charge in [0, 0.05) is 6.54 Å². The Morgan fingerprint density at radius 3 is 2.41 bits per heavy atom. The summed E-state index contributed by atoms with van der Waals surface area (Å²) < 4.78 is 0. The molecule has 1 aromatic rings. The number of amides is 1. The quantitative estimate of drug-likeness (QED) is 0.837. The Hall–Kier alpha value is -1.35. The molecule has 0 bridgehead atoms. The normalized spacial score (nSPS) is 13.4. The third-order valence-corrected chi connectivity index (χ3v) is 2.91. The number of nitrogens with one attached hydrogen (secondary N) is 1. The Bertz CT molecular complexity index is 393. The molecular formula is C14H22N2O. The number of aryl methyl sites for hydroxylation is 1. The monoisotopic (exact) mass is 234 g/mol. The Kier molecular flexibility index (Phi) is 4.29. The largest absolute Gasteiger partial charge is 0.368 e. The summed E-state index contributed by atoms with van der Waals surface area (Å²) in [5.41, 5.74) is 7.67. The molecule has 94 valence electrons. The highest BCUT2D eigenvalue weighted by Gasteiger charge is 2.28. The first-order valence-electron chi connectivity index (χ1n) is 5.89. The second kappa shape index (κ2) is 5.32. The van der Waals surface area contributed by atoms with Crippen LogP contribution in [-0.4, -0.2) is 11.9 Å². The molecule has 0 aromatic heterocycles. The second-order valence-corrected chi connectivity index (χ2v) is 5.51. The van der Waals surface area contributed by atoms with Crippen molar-refractivity contribution in [1.82, 2.24) is 5.32 Å². The molecule has 0 saturated carbocycles. The number of hydrogen-bond acceptors (Lipinski definition) is 2. The van der Waals surface area contributed by atoms with E-state index >= 15 is 0 Å². The highest BCUT2D eigenvalue weighted by Crippen LogP contribution is 2.19. The lowest BCUT2D eigenvalue weighted by molar-refractivity contribution is -0.122. The lowest BCUT2D eigenvalue weighted by Crippen LogP contribution is -2.49. The molecule has 0 heterocycles. The summed E-state index contributed by atoms with van der Waals surface area (Å²) in [5.74, 6) is -0.300. The van der Waals surface area contributed by atoms with Gasteiger partial charge >= 0.3 is 0 Å². The Morgan fingerprint density at radius 1 is 1.35 bits per heavy atom. The smallest absolute Gasteiger partial charge is 0.235 e. The van der Waals surface area contributed by atoms with Gasteiger partial charge in [-0.25, -0.2) is 0 Å². The Morgan fingerprint density at radius 2 is 1.94 bits per heavy atom. The zero-order valence-electron chi connectivity index (χ0n) is 11.1. The van der Waals surface area contributed by atoms with E-state index in [0.717, 1.165) is 0 Å². The summed E-state index contributed by atoms with van der Waals surface area (Å²) in [6.45, 7) is 8.75. The number of hydrogen-bond donors (Lipinski definition) is 2. The van der Waals surface area contributed by atoms with Crippen LogP contribution in [0.25, 0.3) is 0 Å². The summed E-state index contributed by atoms with van der Waals surface area (Å²) in [6.07, 6.45) is 0. The molecule has 0 aliphatic carbocycles. The van der Waals surface area contributed by atoms with Crippen LogP contribution in [0.2, 0.25) is 0 Å². The first-order valence-corrected chi connectivity index (χ1v) is 5.89. The van der Waals surface area contributed by atoms with E-state index in [1.54, 1.807) is 0 Å². The van der Waals surface area contributed by atoms with Crippen LogP contribution in [0.5, 0.6) is 0 Å². The molecule has 0 aliphatic heterocycles. The van der Waals surface area contributed by atoms with E-state index in [0.29, 0.717) is 6.54 Å². The molecular weight excluding hydrogens is 212 g/mol. The van der Waals surface area contributed by atoms with Gasteiger partial charge in [-0.1, -0.05) is 45.0 Å². The number of benzene rings is 1. The van der Waals surface area contributed by atoms with Crippen molar-refractivity contribution in [2.45, 2.75) is 40.3 Å². The molecule has 3 N–H and O–H groups in total. The Labute approximate surface area is 103 Å². The minimum Gasteiger partial charge on any atom is -0.368 e. The van der Waals surface area contributed by atoms with E-state index in [1.165, 1.54) is 11.1 Å². The van der Waals surface area contributed by atoms with Crippen molar-refractivity contribution in [3.05, 3.63) is 35.4 Å². The average Bonchev–Trinajstić information content (AvgIpc) is 2.18. The zero-order valence-corrected chi connectivity index (χ0v) is 11.1. The number of nitrogens with two attached hydrogens (primary N) is 1. The van der Waals surface area contributed by atoms with Crippen LogP contribution in [0.1, 0.15) is 31.9 Å². The van der Waals surface area contributed by atoms with Crippen molar-refractivity contribution >= 4 is 5.91 Å². The SMILES string of the molecule is Cc1ccccc1CNC(C(N)=O)C(C)(C)C. The van der Waals surface area contributed by atoms with Crippen LogP contribution in [0.15, 0.2) is 24.3 Å². The van der Waals surface area contributed by atoms with Gasteiger partial charge in [-0.15, -0.1) is 0 Å². The van der Waals surface area contributed by atoms with Crippen LogP contribution < -0.4 is 11.1 Å². The number of carbonyl (C=O) groups is 1. The summed E-state index contributed by atoms with van der Waals surface area (Å²) in [5, 5.41) is 3.24. The lowest BCUT2D eigenvalue weighted by Gasteiger charge is -2.29. The van der Waals surface area contributed by atoms with E-state index in [-0.39, 0.29) is 17.4 Å². The Balaban J connectivity index is 2.72. The molecule has 3 nitrogen and oxygen atoms in total. The van der Waals surface area contributed by atoms with Gasteiger partial charge in [0.1, 0.15) is 0 Å². The van der Waals surface area contributed by atoms with E-state index in [1.807, 2.05) is 32.9 Å². The standard InChI is InChI=1S/C14H22N2O/c1-10-7-5-6-8-11(10)9-16-12(13(15)17)14(2,3)4/h5-8,12,16H,9H2,1-4H3,(H2,15,17). The minimum atomic E-state index is -0.317. The molecule has 1 atom stereocenters. The van der Waals surface area contributed by atoms with Gasteiger partial charge in [0.05, 0.1) is 6.04 Å². The summed E-state index contributed by atoms with van der Waals surface area (Å²) >= 11 is 0. The maximum Gasteiger partial charge on any atom is 0.235 e. The van der Waals surface area contributed by atoms with Gasteiger partial charge in [-0.05, 0) is 23.5 Å². The molecule has 1 rings (SSSR count). The van der Waals surface area contributed by atoms with Crippen molar-refractivity contribution in [2.24, 2.45) is 11.1 Å². The van der Waals surface area contributed by atoms with Crippen LogP contribution in [-0.2, 0) is 11.3 Å². The third kappa shape index (κ3) is 3.86. The fraction of sp³-hybridized carbons (Fsp3) is 0.500. The fourth-order valence-corrected chi connectivity index (χ4v) is 1.85. The van der Waals surface area contributed by atoms with Crippen molar-refractivity contribution in [3.8, 4) is 0 Å². The van der Waals surface area contributed by atoms with E-state index < -0.39 is 0 Å². The van der Waals surface area contributed by atoms with Crippen molar-refractivity contribution in [1.29, 1.82) is 0 Å². The molecule has 0 spiro atoms. The van der Waals surface area contributed by atoms with Crippen molar-refractivity contribution in [2.75, 3.05) is 0 Å². The molecule has 0 saturated heterocycles. The van der Waals surface area contributed by atoms with Gasteiger partial charge in [0.25, 0.3) is 0 Å². The van der Waals surface area contributed by atoms with Gasteiger partial charge < -0.3 is 11.1 Å².